The normalized spacial score (nSPS) is 11.7. The number of aromatic hydroxyl groups is 1. The Morgan fingerprint density at radius 1 is 0.571 bits per heavy atom. The molecule has 4 nitrogen and oxygen atoms in total. The van der Waals surface area contributed by atoms with Crippen molar-refractivity contribution in [1.29, 1.82) is 0 Å². The van der Waals surface area contributed by atoms with Crippen LogP contribution in [-0.4, -0.2) is 9.67 Å². The minimum absolute atomic E-state index is 0.0422. The summed E-state index contributed by atoms with van der Waals surface area (Å²) in [5.74, 6) is 0.0422. The minimum atomic E-state index is -0.453. The van der Waals surface area contributed by atoms with Crippen LogP contribution in [0.15, 0.2) is 118 Å². The van der Waals surface area contributed by atoms with Crippen LogP contribution in [0.5, 0.6) is 5.75 Å². The lowest BCUT2D eigenvalue weighted by Crippen LogP contribution is -1.99. The molecule has 0 atom stereocenters. The van der Waals surface area contributed by atoms with Gasteiger partial charge in [-0.15, -0.1) is 0 Å². The highest BCUT2D eigenvalue weighted by Crippen LogP contribution is 2.36. The second-order valence-corrected chi connectivity index (χ2v) is 8.75. The van der Waals surface area contributed by atoms with Crippen LogP contribution in [0.1, 0.15) is 0 Å². The molecule has 0 saturated carbocycles. The van der Waals surface area contributed by atoms with Gasteiger partial charge < -0.3 is 14.1 Å². The predicted octanol–water partition coefficient (Wildman–Crippen LogP) is 7.42. The summed E-state index contributed by atoms with van der Waals surface area (Å²) in [6.45, 7) is 0. The number of fused-ring (bicyclic) bond motifs is 6. The molecule has 2 heterocycles. The standard InChI is InChI=1S/C31H19NO3/c33-22-12-13-23-26-17-20(11-15-30(26)35-31(34)27(23)18-22)19-10-14-29-25(16-19)24-8-4-5-9-28(24)32(29)21-6-2-1-3-7-21/h1-18,33H. The van der Waals surface area contributed by atoms with Gasteiger partial charge in [-0.3, -0.25) is 0 Å². The van der Waals surface area contributed by atoms with Crippen LogP contribution in [0.4, 0.5) is 0 Å². The number of nitrogens with zero attached hydrogens (tertiary/aromatic N) is 1. The molecular formula is C31H19NO3. The molecule has 0 saturated heterocycles. The average Bonchev–Trinajstić information content (AvgIpc) is 3.23. The second kappa shape index (κ2) is 7.34. The van der Waals surface area contributed by atoms with E-state index < -0.39 is 5.63 Å². The maximum Gasteiger partial charge on any atom is 0.344 e. The molecule has 0 spiro atoms. The van der Waals surface area contributed by atoms with E-state index in [9.17, 15) is 9.90 Å². The van der Waals surface area contributed by atoms with Gasteiger partial charge in [0.2, 0.25) is 0 Å². The minimum Gasteiger partial charge on any atom is -0.508 e. The largest absolute Gasteiger partial charge is 0.508 e. The number of rotatable bonds is 2. The van der Waals surface area contributed by atoms with E-state index in [0.29, 0.717) is 11.0 Å². The van der Waals surface area contributed by atoms with E-state index >= 15 is 0 Å². The molecule has 0 amide bonds. The first kappa shape index (κ1) is 19.6. The third kappa shape index (κ3) is 2.97. The maximum atomic E-state index is 12.4. The van der Waals surface area contributed by atoms with Crippen molar-refractivity contribution in [3.63, 3.8) is 0 Å². The topological polar surface area (TPSA) is 55.4 Å². The molecule has 35 heavy (non-hydrogen) atoms. The lowest BCUT2D eigenvalue weighted by molar-refractivity contribution is 0.475. The van der Waals surface area contributed by atoms with Crippen molar-refractivity contribution in [3.8, 4) is 22.6 Å². The van der Waals surface area contributed by atoms with Crippen LogP contribution < -0.4 is 5.63 Å². The van der Waals surface area contributed by atoms with Crippen molar-refractivity contribution < 1.29 is 9.52 Å². The SMILES string of the molecule is O=c1oc2ccc(-c3ccc4c(c3)c3ccccc3n4-c3ccccc3)cc2c2ccc(O)cc12. The molecule has 7 aromatic rings. The van der Waals surface area contributed by atoms with Crippen LogP contribution in [0.3, 0.4) is 0 Å². The summed E-state index contributed by atoms with van der Waals surface area (Å²) in [5, 5.41) is 14.2. The van der Waals surface area contributed by atoms with Crippen LogP contribution in [0, 0.1) is 0 Å². The van der Waals surface area contributed by atoms with Crippen LogP contribution >= 0.6 is 0 Å². The first-order valence-electron chi connectivity index (χ1n) is 11.5. The Labute approximate surface area is 199 Å². The molecule has 166 valence electrons. The second-order valence-electron chi connectivity index (χ2n) is 8.75. The van der Waals surface area contributed by atoms with Gasteiger partial charge in [0, 0.05) is 27.2 Å². The molecule has 2 aromatic heterocycles. The number of phenolic OH excluding ortho intramolecular Hbond substituents is 1. The molecule has 0 aliphatic rings. The van der Waals surface area contributed by atoms with Crippen LogP contribution in [-0.2, 0) is 0 Å². The van der Waals surface area contributed by atoms with Crippen molar-refractivity contribution >= 4 is 43.5 Å². The maximum absolute atomic E-state index is 12.4. The van der Waals surface area contributed by atoms with Crippen molar-refractivity contribution in [2.45, 2.75) is 0 Å². The van der Waals surface area contributed by atoms with E-state index in [1.54, 1.807) is 12.1 Å². The summed E-state index contributed by atoms with van der Waals surface area (Å²) in [4.78, 5) is 12.4. The quantitative estimate of drug-likeness (QED) is 0.219. The first-order valence-corrected chi connectivity index (χ1v) is 11.5. The van der Waals surface area contributed by atoms with Gasteiger partial charge in [0.1, 0.15) is 11.3 Å². The molecular weight excluding hydrogens is 434 g/mol. The van der Waals surface area contributed by atoms with E-state index in [1.807, 2.05) is 18.2 Å². The Balaban J connectivity index is 1.49. The Kier molecular flexibility index (Phi) is 4.11. The molecule has 0 aliphatic carbocycles. The number of phenols is 1. The van der Waals surface area contributed by atoms with Crippen molar-refractivity contribution in [3.05, 3.63) is 120 Å². The summed E-state index contributed by atoms with van der Waals surface area (Å²) in [7, 11) is 0. The molecule has 0 unspecified atom stereocenters. The molecule has 4 heteroatoms. The number of para-hydroxylation sites is 2. The van der Waals surface area contributed by atoms with Gasteiger partial charge in [-0.25, -0.2) is 4.79 Å². The molecule has 1 N–H and O–H groups in total. The average molecular weight is 453 g/mol. The molecule has 7 rings (SSSR count). The number of benzene rings is 5. The van der Waals surface area contributed by atoms with E-state index in [4.69, 9.17) is 4.42 Å². The summed E-state index contributed by atoms with van der Waals surface area (Å²) in [6.07, 6.45) is 0. The lowest BCUT2D eigenvalue weighted by atomic mass is 9.99. The lowest BCUT2D eigenvalue weighted by Gasteiger charge is -2.09. The Bertz CT molecular complexity index is 1980. The van der Waals surface area contributed by atoms with Crippen molar-refractivity contribution in [1.82, 2.24) is 4.57 Å². The molecule has 0 radical (unpaired) electrons. The Morgan fingerprint density at radius 2 is 1.29 bits per heavy atom. The number of hydrogen-bond acceptors (Lipinski definition) is 3. The van der Waals surface area contributed by atoms with Gasteiger partial charge in [-0.05, 0) is 71.8 Å². The fourth-order valence-electron chi connectivity index (χ4n) is 5.11. The predicted molar refractivity (Wildman–Crippen MR) is 141 cm³/mol. The van der Waals surface area contributed by atoms with Crippen molar-refractivity contribution in [2.75, 3.05) is 0 Å². The van der Waals surface area contributed by atoms with Crippen LogP contribution in [0.2, 0.25) is 0 Å². The highest BCUT2D eigenvalue weighted by molar-refractivity contribution is 6.11. The Hall–Kier alpha value is -4.83. The Morgan fingerprint density at radius 3 is 2.14 bits per heavy atom. The number of hydrogen-bond donors (Lipinski definition) is 1. The fourth-order valence-corrected chi connectivity index (χ4v) is 5.11. The van der Waals surface area contributed by atoms with Gasteiger partial charge in [-0.2, -0.15) is 0 Å². The number of aromatic nitrogens is 1. The zero-order valence-corrected chi connectivity index (χ0v) is 18.6. The molecule has 0 aliphatic heterocycles. The zero-order chi connectivity index (χ0) is 23.5. The highest BCUT2D eigenvalue weighted by Gasteiger charge is 2.14. The highest BCUT2D eigenvalue weighted by atomic mass is 16.4. The van der Waals surface area contributed by atoms with Crippen LogP contribution in [0.25, 0.3) is 60.4 Å². The smallest absolute Gasteiger partial charge is 0.344 e. The molecule has 5 aromatic carbocycles. The van der Waals surface area contributed by atoms with E-state index in [1.165, 1.54) is 16.8 Å². The first-order chi connectivity index (χ1) is 17.2. The molecule has 0 bridgehead atoms. The summed E-state index contributed by atoms with van der Waals surface area (Å²) in [6, 6.07) is 36.1. The van der Waals surface area contributed by atoms with Gasteiger partial charge in [0.25, 0.3) is 0 Å². The summed E-state index contributed by atoms with van der Waals surface area (Å²) in [5.41, 5.74) is 5.62. The van der Waals surface area contributed by atoms with E-state index in [2.05, 4.69) is 77.4 Å². The third-order valence-electron chi connectivity index (χ3n) is 6.72. The van der Waals surface area contributed by atoms with Gasteiger partial charge >= 0.3 is 5.63 Å². The third-order valence-corrected chi connectivity index (χ3v) is 6.72. The van der Waals surface area contributed by atoms with Gasteiger partial charge in [0.15, 0.2) is 0 Å². The zero-order valence-electron chi connectivity index (χ0n) is 18.6. The van der Waals surface area contributed by atoms with Gasteiger partial charge in [-0.1, -0.05) is 48.5 Å². The van der Waals surface area contributed by atoms with E-state index in [-0.39, 0.29) is 5.75 Å². The van der Waals surface area contributed by atoms with Crippen molar-refractivity contribution in [2.24, 2.45) is 0 Å². The van der Waals surface area contributed by atoms with Gasteiger partial charge in [0.05, 0.1) is 16.4 Å². The summed E-state index contributed by atoms with van der Waals surface area (Å²) < 4.78 is 7.83. The monoisotopic (exact) mass is 453 g/mol. The fraction of sp³-hybridized carbons (Fsp3) is 0. The summed E-state index contributed by atoms with van der Waals surface area (Å²) >= 11 is 0. The van der Waals surface area contributed by atoms with E-state index in [0.717, 1.165) is 38.6 Å². The molecule has 0 fully saturated rings.